The first-order chi connectivity index (χ1) is 13.7. The van der Waals surface area contributed by atoms with E-state index in [9.17, 15) is 4.79 Å². The first-order valence-electron chi connectivity index (χ1n) is 8.58. The van der Waals surface area contributed by atoms with Gasteiger partial charge < -0.3 is 5.32 Å². The largest absolute Gasteiger partial charge is 0.325 e. The first-order valence-corrected chi connectivity index (χ1v) is 10.4. The van der Waals surface area contributed by atoms with Crippen molar-refractivity contribution in [2.24, 2.45) is 0 Å². The van der Waals surface area contributed by atoms with Crippen LogP contribution in [0.2, 0.25) is 0 Å². The molecule has 0 saturated carbocycles. The lowest BCUT2D eigenvalue weighted by Gasteiger charge is -2.06. The van der Waals surface area contributed by atoms with E-state index in [0.717, 1.165) is 31.8 Å². The maximum atomic E-state index is 12.2. The van der Waals surface area contributed by atoms with Crippen molar-refractivity contribution in [2.45, 2.75) is 11.6 Å². The Morgan fingerprint density at radius 2 is 1.86 bits per heavy atom. The number of halogens is 1. The van der Waals surface area contributed by atoms with Gasteiger partial charge in [0.15, 0.2) is 5.65 Å². The summed E-state index contributed by atoms with van der Waals surface area (Å²) in [6.45, 7) is 0.634. The molecule has 4 aromatic rings. The first kappa shape index (κ1) is 18.6. The van der Waals surface area contributed by atoms with Gasteiger partial charge in [0.05, 0.1) is 23.9 Å². The van der Waals surface area contributed by atoms with Gasteiger partial charge in [-0.15, -0.1) is 0 Å². The van der Waals surface area contributed by atoms with Crippen LogP contribution in [-0.2, 0) is 11.3 Å². The van der Waals surface area contributed by atoms with Crippen molar-refractivity contribution < 1.29 is 4.79 Å². The quantitative estimate of drug-likeness (QED) is 0.346. The molecule has 8 heteroatoms. The second-order valence-corrected chi connectivity index (χ2v) is 7.93. The van der Waals surface area contributed by atoms with Crippen LogP contribution in [0.1, 0.15) is 5.56 Å². The van der Waals surface area contributed by atoms with Gasteiger partial charge in [0.1, 0.15) is 11.4 Å². The molecule has 2 heterocycles. The highest BCUT2D eigenvalue weighted by atomic mass is 79.9. The molecule has 1 N–H and O–H groups in total. The smallest absolute Gasteiger partial charge is 0.234 e. The van der Waals surface area contributed by atoms with Gasteiger partial charge >= 0.3 is 0 Å². The molecule has 140 valence electrons. The van der Waals surface area contributed by atoms with Crippen LogP contribution in [0.3, 0.4) is 0 Å². The van der Waals surface area contributed by atoms with E-state index in [-0.39, 0.29) is 11.7 Å². The number of thioether (sulfide) groups is 1. The van der Waals surface area contributed by atoms with E-state index in [4.69, 9.17) is 0 Å². The maximum absolute atomic E-state index is 12.2. The van der Waals surface area contributed by atoms with Gasteiger partial charge in [0.2, 0.25) is 5.91 Å². The average Bonchev–Trinajstić information content (AvgIpc) is 3.12. The van der Waals surface area contributed by atoms with Crippen LogP contribution < -0.4 is 5.32 Å². The van der Waals surface area contributed by atoms with E-state index < -0.39 is 0 Å². The fraction of sp³-hybridized carbons (Fsp3) is 0.100. The number of benzene rings is 2. The number of hydrogen-bond acceptors (Lipinski definition) is 5. The van der Waals surface area contributed by atoms with E-state index in [1.54, 1.807) is 6.20 Å². The Bertz CT molecular complexity index is 1100. The molecule has 2 aromatic heterocycles. The lowest BCUT2D eigenvalue weighted by Crippen LogP contribution is -2.14. The summed E-state index contributed by atoms with van der Waals surface area (Å²) in [5, 5.41) is 8.92. The predicted octanol–water partition coefficient (Wildman–Crippen LogP) is 4.37. The molecule has 0 atom stereocenters. The Morgan fingerprint density at radius 1 is 1.07 bits per heavy atom. The van der Waals surface area contributed by atoms with E-state index in [0.29, 0.717) is 6.54 Å². The molecule has 6 nitrogen and oxygen atoms in total. The van der Waals surface area contributed by atoms with Crippen molar-refractivity contribution in [3.63, 3.8) is 0 Å². The minimum atomic E-state index is -0.0873. The Kier molecular flexibility index (Phi) is 5.68. The molecule has 0 fully saturated rings. The Hall–Kier alpha value is -2.71. The van der Waals surface area contributed by atoms with E-state index in [2.05, 4.69) is 48.4 Å². The van der Waals surface area contributed by atoms with Crippen LogP contribution in [0.5, 0.6) is 0 Å². The highest BCUT2D eigenvalue weighted by Crippen LogP contribution is 2.25. The van der Waals surface area contributed by atoms with Crippen LogP contribution in [0.25, 0.3) is 11.0 Å². The van der Waals surface area contributed by atoms with Crippen LogP contribution in [0.15, 0.2) is 76.6 Å². The van der Waals surface area contributed by atoms with Gasteiger partial charge in [0, 0.05) is 10.2 Å². The van der Waals surface area contributed by atoms with E-state index in [1.165, 1.54) is 18.1 Å². The summed E-state index contributed by atoms with van der Waals surface area (Å²) in [5.41, 5.74) is 2.67. The predicted molar refractivity (Wildman–Crippen MR) is 114 cm³/mol. The number of anilines is 1. The van der Waals surface area contributed by atoms with Crippen LogP contribution in [0, 0.1) is 0 Å². The minimum absolute atomic E-state index is 0.0873. The van der Waals surface area contributed by atoms with Crippen molar-refractivity contribution in [2.75, 3.05) is 11.1 Å². The second kappa shape index (κ2) is 8.53. The molecule has 0 bridgehead atoms. The van der Waals surface area contributed by atoms with Gasteiger partial charge in [-0.05, 0) is 29.8 Å². The fourth-order valence-corrected chi connectivity index (χ4v) is 3.75. The summed E-state index contributed by atoms with van der Waals surface area (Å²) >= 11 is 4.75. The summed E-state index contributed by atoms with van der Waals surface area (Å²) in [7, 11) is 0. The number of aromatic nitrogens is 4. The molecular formula is C20H16BrN5OS. The lowest BCUT2D eigenvalue weighted by molar-refractivity contribution is -0.113. The number of carbonyl (C=O) groups excluding carboxylic acids is 1. The zero-order chi connectivity index (χ0) is 19.3. The molecule has 0 saturated heterocycles. The highest BCUT2D eigenvalue weighted by molar-refractivity contribution is 9.10. The van der Waals surface area contributed by atoms with Gasteiger partial charge in [0.25, 0.3) is 0 Å². The van der Waals surface area contributed by atoms with Crippen LogP contribution in [0.4, 0.5) is 5.69 Å². The van der Waals surface area contributed by atoms with Gasteiger partial charge in [-0.3, -0.25) is 4.79 Å². The van der Waals surface area contributed by atoms with Gasteiger partial charge in [-0.25, -0.2) is 14.6 Å². The summed E-state index contributed by atoms with van der Waals surface area (Å²) in [6.07, 6.45) is 3.27. The number of hydrogen-bond donors (Lipinski definition) is 1. The number of nitrogens with one attached hydrogen (secondary N) is 1. The molecule has 4 rings (SSSR count). The zero-order valence-corrected chi connectivity index (χ0v) is 17.2. The number of amides is 1. The molecule has 0 radical (unpaired) electrons. The second-order valence-electron chi connectivity index (χ2n) is 6.05. The maximum Gasteiger partial charge on any atom is 0.234 e. The topological polar surface area (TPSA) is 72.7 Å². The van der Waals surface area contributed by atoms with Crippen molar-refractivity contribution in [1.29, 1.82) is 0 Å². The summed E-state index contributed by atoms with van der Waals surface area (Å²) in [6, 6.07) is 17.6. The van der Waals surface area contributed by atoms with E-state index in [1.807, 2.05) is 47.1 Å². The van der Waals surface area contributed by atoms with Crippen molar-refractivity contribution in [3.8, 4) is 0 Å². The van der Waals surface area contributed by atoms with Crippen molar-refractivity contribution in [3.05, 3.63) is 77.2 Å². The van der Waals surface area contributed by atoms with Crippen molar-refractivity contribution >= 4 is 50.3 Å². The molecule has 1 amide bonds. The number of nitrogens with zero attached hydrogens (tertiary/aromatic N) is 4. The van der Waals surface area contributed by atoms with Gasteiger partial charge in [-0.2, -0.15) is 5.10 Å². The molecule has 0 unspecified atom stereocenters. The monoisotopic (exact) mass is 453 g/mol. The summed E-state index contributed by atoms with van der Waals surface area (Å²) in [4.78, 5) is 20.9. The molecule has 28 heavy (non-hydrogen) atoms. The van der Waals surface area contributed by atoms with Crippen LogP contribution in [-0.4, -0.2) is 31.4 Å². The Labute approximate surface area is 174 Å². The normalized spacial score (nSPS) is 10.9. The fourth-order valence-electron chi connectivity index (χ4n) is 2.72. The third-order valence-corrected chi connectivity index (χ3v) is 5.57. The average molecular weight is 454 g/mol. The Morgan fingerprint density at radius 3 is 2.64 bits per heavy atom. The molecule has 0 aliphatic carbocycles. The van der Waals surface area contributed by atoms with Crippen LogP contribution >= 0.6 is 27.7 Å². The summed E-state index contributed by atoms with van der Waals surface area (Å²) < 4.78 is 2.81. The van der Waals surface area contributed by atoms with Gasteiger partial charge in [-0.1, -0.05) is 58.0 Å². The molecule has 0 aliphatic rings. The zero-order valence-electron chi connectivity index (χ0n) is 14.7. The summed E-state index contributed by atoms with van der Waals surface area (Å²) in [5.74, 6) is 0.169. The van der Waals surface area contributed by atoms with Crippen molar-refractivity contribution in [1.82, 2.24) is 19.7 Å². The number of fused-ring (bicyclic) bond motifs is 1. The molecule has 2 aromatic carbocycles. The molecule has 0 aliphatic heterocycles. The highest BCUT2D eigenvalue weighted by Gasteiger charge is 2.12. The molecular weight excluding hydrogens is 438 g/mol. The van der Waals surface area contributed by atoms with E-state index >= 15 is 0 Å². The standard InChI is InChI=1S/C20H16BrN5OS/c21-15-6-8-16(9-7-15)25-18(27)12-28-20-17-10-24-26(19(17)22-13-23-20)11-14-4-2-1-3-5-14/h1-10,13H,11-12H2,(H,25,27). The Balaban J connectivity index is 1.45. The SMILES string of the molecule is O=C(CSc1ncnc2c1cnn2Cc1ccccc1)Nc1ccc(Br)cc1. The molecule has 0 spiro atoms. The lowest BCUT2D eigenvalue weighted by atomic mass is 10.2. The number of carbonyl (C=O) groups is 1. The number of rotatable bonds is 6. The third-order valence-electron chi connectivity index (χ3n) is 4.04. The third kappa shape index (κ3) is 4.40. The minimum Gasteiger partial charge on any atom is -0.325 e.